The Morgan fingerprint density at radius 2 is 1.82 bits per heavy atom. The van der Waals surface area contributed by atoms with Gasteiger partial charge in [-0.15, -0.1) is 0 Å². The van der Waals surface area contributed by atoms with E-state index < -0.39 is 0 Å². The van der Waals surface area contributed by atoms with E-state index in [1.54, 1.807) is 25.1 Å². The number of aliphatic imine (C=N–C) groups is 2. The summed E-state index contributed by atoms with van der Waals surface area (Å²) in [5, 5.41) is 5.59. The van der Waals surface area contributed by atoms with E-state index in [1.807, 2.05) is 55.2 Å². The number of amides is 3. The number of rotatable bonds is 14. The van der Waals surface area contributed by atoms with Crippen LogP contribution in [0.15, 0.2) is 88.1 Å². The second kappa shape index (κ2) is 16.7. The fourth-order valence-electron chi connectivity index (χ4n) is 4.61. The molecule has 10 nitrogen and oxygen atoms in total. The molecule has 2 aromatic carbocycles. The number of fused-ring (bicyclic) bond motifs is 1. The lowest BCUT2D eigenvalue weighted by atomic mass is 10.0. The zero-order valence-corrected chi connectivity index (χ0v) is 25.8. The Morgan fingerprint density at radius 3 is 2.50 bits per heavy atom. The SMILES string of the molecule is C=C(/C=N\C=C(/C)NC(=O)c1ccc2c(c1)N=C(N)CC(C(=O)N(CCC)CCC)=C2)CNC(=O)CC(N)c1ccccc1. The van der Waals surface area contributed by atoms with Crippen LogP contribution < -0.4 is 22.1 Å². The van der Waals surface area contributed by atoms with Crippen molar-refractivity contribution in [3.05, 3.63) is 94.8 Å². The summed E-state index contributed by atoms with van der Waals surface area (Å²) in [7, 11) is 0. The first-order chi connectivity index (χ1) is 21.1. The number of hydrogen-bond donors (Lipinski definition) is 4. The summed E-state index contributed by atoms with van der Waals surface area (Å²) in [6.45, 7) is 11.3. The molecule has 0 bridgehead atoms. The van der Waals surface area contributed by atoms with Gasteiger partial charge in [0.15, 0.2) is 0 Å². The predicted molar refractivity (Wildman–Crippen MR) is 177 cm³/mol. The molecule has 0 radical (unpaired) electrons. The van der Waals surface area contributed by atoms with Crippen molar-refractivity contribution in [2.75, 3.05) is 19.6 Å². The average Bonchev–Trinajstić information content (AvgIpc) is 3.17. The summed E-state index contributed by atoms with van der Waals surface area (Å²) in [6.07, 6.45) is 6.97. The van der Waals surface area contributed by atoms with E-state index in [1.165, 1.54) is 12.4 Å². The highest BCUT2D eigenvalue weighted by Gasteiger charge is 2.21. The lowest BCUT2D eigenvalue weighted by Crippen LogP contribution is -2.34. The highest BCUT2D eigenvalue weighted by molar-refractivity contribution is 6.06. The van der Waals surface area contributed by atoms with Crippen LogP contribution in [-0.2, 0) is 9.59 Å². The molecular formula is C34H43N7O3. The largest absolute Gasteiger partial charge is 0.387 e. The molecule has 0 aromatic heterocycles. The van der Waals surface area contributed by atoms with Gasteiger partial charge in [-0.3, -0.25) is 19.4 Å². The van der Waals surface area contributed by atoms with Gasteiger partial charge in [-0.25, -0.2) is 4.99 Å². The van der Waals surface area contributed by atoms with Crippen LogP contribution in [0.25, 0.3) is 6.08 Å². The molecule has 232 valence electrons. The minimum atomic E-state index is -0.388. The lowest BCUT2D eigenvalue weighted by Gasteiger charge is -2.22. The van der Waals surface area contributed by atoms with E-state index in [-0.39, 0.29) is 43.1 Å². The van der Waals surface area contributed by atoms with Crippen molar-refractivity contribution in [2.45, 2.75) is 52.5 Å². The first kappa shape index (κ1) is 33.7. The molecule has 3 amide bonds. The van der Waals surface area contributed by atoms with Crippen molar-refractivity contribution in [2.24, 2.45) is 21.5 Å². The molecule has 1 unspecified atom stereocenters. The number of nitrogens with one attached hydrogen (secondary N) is 2. The van der Waals surface area contributed by atoms with Crippen LogP contribution in [0.4, 0.5) is 5.69 Å². The molecule has 10 heteroatoms. The van der Waals surface area contributed by atoms with Crippen LogP contribution in [-0.4, -0.2) is 54.3 Å². The fraction of sp³-hybridized carbons (Fsp3) is 0.324. The zero-order valence-electron chi connectivity index (χ0n) is 25.8. The normalized spacial score (nSPS) is 13.7. The highest BCUT2D eigenvalue weighted by atomic mass is 16.2. The first-order valence-electron chi connectivity index (χ1n) is 14.8. The molecule has 1 atom stereocenters. The van der Waals surface area contributed by atoms with Crippen molar-refractivity contribution >= 4 is 41.5 Å². The van der Waals surface area contributed by atoms with Crippen LogP contribution >= 0.6 is 0 Å². The van der Waals surface area contributed by atoms with Crippen molar-refractivity contribution in [3.63, 3.8) is 0 Å². The second-order valence-electron chi connectivity index (χ2n) is 10.7. The van der Waals surface area contributed by atoms with Crippen molar-refractivity contribution in [3.8, 4) is 0 Å². The molecule has 0 saturated heterocycles. The van der Waals surface area contributed by atoms with Gasteiger partial charge in [-0.05, 0) is 49.1 Å². The smallest absolute Gasteiger partial charge is 0.255 e. The van der Waals surface area contributed by atoms with Gasteiger partial charge in [0.05, 0.1) is 5.69 Å². The maximum absolute atomic E-state index is 13.2. The average molecular weight is 598 g/mol. The molecule has 0 saturated carbocycles. The van der Waals surface area contributed by atoms with Gasteiger partial charge >= 0.3 is 0 Å². The number of nitrogens with zero attached hydrogens (tertiary/aromatic N) is 3. The molecule has 0 spiro atoms. The first-order valence-corrected chi connectivity index (χ1v) is 14.8. The number of carbonyl (C=O) groups is 3. The van der Waals surface area contributed by atoms with Gasteiger partial charge in [0.25, 0.3) is 5.91 Å². The number of hydrogen-bond acceptors (Lipinski definition) is 7. The maximum Gasteiger partial charge on any atom is 0.255 e. The van der Waals surface area contributed by atoms with Crippen molar-refractivity contribution in [1.82, 2.24) is 15.5 Å². The summed E-state index contributed by atoms with van der Waals surface area (Å²) in [5.41, 5.74) is 16.5. The maximum atomic E-state index is 13.2. The quantitative estimate of drug-likeness (QED) is 0.235. The predicted octanol–water partition coefficient (Wildman–Crippen LogP) is 4.54. The Hall–Kier alpha value is -4.83. The van der Waals surface area contributed by atoms with Gasteiger partial charge < -0.3 is 27.0 Å². The van der Waals surface area contributed by atoms with Crippen LogP contribution in [0.1, 0.15) is 74.0 Å². The van der Waals surface area contributed by atoms with E-state index in [4.69, 9.17) is 11.5 Å². The summed E-state index contributed by atoms with van der Waals surface area (Å²) in [5.74, 6) is -0.252. The summed E-state index contributed by atoms with van der Waals surface area (Å²) in [4.78, 5) is 48.9. The third-order valence-electron chi connectivity index (χ3n) is 6.79. The van der Waals surface area contributed by atoms with Crippen molar-refractivity contribution in [1.29, 1.82) is 0 Å². The number of amidine groups is 1. The Morgan fingerprint density at radius 1 is 1.11 bits per heavy atom. The molecule has 3 rings (SSSR count). The summed E-state index contributed by atoms with van der Waals surface area (Å²) in [6, 6.07) is 14.2. The second-order valence-corrected chi connectivity index (χ2v) is 10.7. The zero-order chi connectivity index (χ0) is 32.1. The summed E-state index contributed by atoms with van der Waals surface area (Å²) >= 11 is 0. The minimum Gasteiger partial charge on any atom is -0.387 e. The Bertz CT molecular complexity index is 1470. The Labute approximate surface area is 259 Å². The Kier molecular flexibility index (Phi) is 12.8. The summed E-state index contributed by atoms with van der Waals surface area (Å²) < 4.78 is 0. The topological polar surface area (TPSA) is 155 Å². The van der Waals surface area contributed by atoms with Gasteiger partial charge in [-0.2, -0.15) is 0 Å². The standard InChI is InChI=1S/C34H43N7O3/c1-5-14-41(15-6-2)34(44)28-16-26-12-13-27(17-30(26)40-31(36)18-28)33(43)39-24(4)22-37-20-23(3)21-38-32(42)19-29(35)25-10-8-7-9-11-25/h7-13,16-17,20,22,29H,3,5-6,14-15,18-19,21,35H2,1-2,4H3,(H2,36,40)(H,38,42)(H,39,43)/b24-22+,37-20-. The lowest BCUT2D eigenvalue weighted by molar-refractivity contribution is -0.127. The molecule has 1 aliphatic rings. The van der Waals surface area contributed by atoms with Crippen LogP contribution in [0.5, 0.6) is 0 Å². The number of benzene rings is 2. The van der Waals surface area contributed by atoms with Crippen LogP contribution in [0.3, 0.4) is 0 Å². The minimum absolute atomic E-state index is 0.0415. The van der Waals surface area contributed by atoms with E-state index in [0.29, 0.717) is 47.0 Å². The number of carbonyl (C=O) groups excluding carboxylic acids is 3. The molecule has 2 aromatic rings. The highest BCUT2D eigenvalue weighted by Crippen LogP contribution is 2.28. The molecule has 1 aliphatic heterocycles. The van der Waals surface area contributed by atoms with Crippen LogP contribution in [0, 0.1) is 0 Å². The molecule has 1 heterocycles. The van der Waals surface area contributed by atoms with Gasteiger partial charge in [0, 0.05) is 73.3 Å². The Balaban J connectivity index is 1.57. The third kappa shape index (κ3) is 10.2. The molecule has 44 heavy (non-hydrogen) atoms. The van der Waals surface area contributed by atoms with Crippen LogP contribution in [0.2, 0.25) is 0 Å². The monoisotopic (exact) mass is 597 g/mol. The molecule has 0 fully saturated rings. The third-order valence-corrected chi connectivity index (χ3v) is 6.79. The molecule has 0 aliphatic carbocycles. The van der Waals surface area contributed by atoms with E-state index in [2.05, 4.69) is 27.2 Å². The molecular weight excluding hydrogens is 554 g/mol. The fourth-order valence-corrected chi connectivity index (χ4v) is 4.61. The van der Waals surface area contributed by atoms with Gasteiger partial charge in [0.1, 0.15) is 5.84 Å². The van der Waals surface area contributed by atoms with Gasteiger partial charge in [-0.1, -0.05) is 56.8 Å². The van der Waals surface area contributed by atoms with E-state index in [9.17, 15) is 14.4 Å². The van der Waals surface area contributed by atoms with Gasteiger partial charge in [0.2, 0.25) is 11.8 Å². The number of nitrogens with two attached hydrogens (primary N) is 2. The molecule has 6 N–H and O–H groups in total. The van der Waals surface area contributed by atoms with E-state index >= 15 is 0 Å². The number of allylic oxidation sites excluding steroid dienone is 1. The van der Waals surface area contributed by atoms with E-state index in [0.717, 1.165) is 24.0 Å². The van der Waals surface area contributed by atoms with Crippen molar-refractivity contribution < 1.29 is 14.4 Å².